The van der Waals surface area contributed by atoms with Crippen LogP contribution < -0.4 is 4.74 Å². The maximum absolute atomic E-state index is 5.53. The smallest absolute Gasteiger partial charge is 0.122 e. The molecule has 1 aromatic carbocycles. The predicted molar refractivity (Wildman–Crippen MR) is 62.1 cm³/mol. The van der Waals surface area contributed by atoms with Crippen LogP contribution in [-0.2, 0) is 11.2 Å². The Balaban J connectivity index is 2.75. The van der Waals surface area contributed by atoms with Crippen molar-refractivity contribution < 1.29 is 9.47 Å². The van der Waals surface area contributed by atoms with E-state index >= 15 is 0 Å². The SMILES string of the molecule is CCOc1ccccc1C/C=C(\C)OC. The van der Waals surface area contributed by atoms with E-state index in [0.29, 0.717) is 6.61 Å². The Labute approximate surface area is 91.5 Å². The van der Waals surface area contributed by atoms with Crippen LogP contribution in [0.25, 0.3) is 0 Å². The summed E-state index contributed by atoms with van der Waals surface area (Å²) in [4.78, 5) is 0. The molecule has 1 aromatic rings. The average molecular weight is 206 g/mol. The summed E-state index contributed by atoms with van der Waals surface area (Å²) in [6.07, 6.45) is 2.90. The minimum Gasteiger partial charge on any atom is -0.502 e. The number of hydrogen-bond acceptors (Lipinski definition) is 2. The van der Waals surface area contributed by atoms with Gasteiger partial charge in [0.15, 0.2) is 0 Å². The van der Waals surface area contributed by atoms with Gasteiger partial charge in [-0.25, -0.2) is 0 Å². The topological polar surface area (TPSA) is 18.5 Å². The van der Waals surface area contributed by atoms with Gasteiger partial charge in [-0.15, -0.1) is 0 Å². The molecule has 0 heterocycles. The number of benzene rings is 1. The summed E-state index contributed by atoms with van der Waals surface area (Å²) in [6.45, 7) is 4.64. The monoisotopic (exact) mass is 206 g/mol. The minimum atomic E-state index is 0.698. The van der Waals surface area contributed by atoms with Crippen molar-refractivity contribution in [3.8, 4) is 5.75 Å². The van der Waals surface area contributed by atoms with Gasteiger partial charge in [-0.3, -0.25) is 0 Å². The fourth-order valence-electron chi connectivity index (χ4n) is 1.31. The van der Waals surface area contributed by atoms with E-state index in [9.17, 15) is 0 Å². The molecule has 0 saturated heterocycles. The van der Waals surface area contributed by atoms with Crippen LogP contribution in [-0.4, -0.2) is 13.7 Å². The molecule has 2 nitrogen and oxygen atoms in total. The third-order valence-electron chi connectivity index (χ3n) is 2.20. The molecule has 0 N–H and O–H groups in total. The second-order valence-corrected chi connectivity index (χ2v) is 3.26. The van der Waals surface area contributed by atoms with Crippen molar-refractivity contribution in [3.05, 3.63) is 41.7 Å². The lowest BCUT2D eigenvalue weighted by Crippen LogP contribution is -1.96. The highest BCUT2D eigenvalue weighted by molar-refractivity contribution is 5.34. The standard InChI is InChI=1S/C13H18O2/c1-4-15-13-8-6-5-7-12(13)10-9-11(2)14-3/h5-9H,4,10H2,1-3H3/b11-9+. The van der Waals surface area contributed by atoms with Crippen molar-refractivity contribution in [1.29, 1.82) is 0 Å². The van der Waals surface area contributed by atoms with E-state index in [1.54, 1.807) is 7.11 Å². The molecule has 15 heavy (non-hydrogen) atoms. The fraction of sp³-hybridized carbons (Fsp3) is 0.385. The summed E-state index contributed by atoms with van der Waals surface area (Å²) < 4.78 is 10.6. The van der Waals surface area contributed by atoms with Gasteiger partial charge in [0.1, 0.15) is 5.75 Å². The molecular weight excluding hydrogens is 188 g/mol. The molecule has 0 saturated carbocycles. The minimum absolute atomic E-state index is 0.698. The van der Waals surface area contributed by atoms with E-state index in [1.807, 2.05) is 32.0 Å². The van der Waals surface area contributed by atoms with Crippen molar-refractivity contribution >= 4 is 0 Å². The van der Waals surface area contributed by atoms with E-state index in [0.717, 1.165) is 17.9 Å². The van der Waals surface area contributed by atoms with Crippen LogP contribution >= 0.6 is 0 Å². The first-order valence-corrected chi connectivity index (χ1v) is 5.19. The highest BCUT2D eigenvalue weighted by Crippen LogP contribution is 2.19. The van der Waals surface area contributed by atoms with Gasteiger partial charge in [0.2, 0.25) is 0 Å². The summed E-state index contributed by atoms with van der Waals surface area (Å²) >= 11 is 0. The molecule has 82 valence electrons. The molecule has 0 aliphatic rings. The molecule has 0 amide bonds. The molecule has 0 radical (unpaired) electrons. The van der Waals surface area contributed by atoms with E-state index in [-0.39, 0.29) is 0 Å². The van der Waals surface area contributed by atoms with Gasteiger partial charge in [-0.2, -0.15) is 0 Å². The molecule has 0 atom stereocenters. The maximum atomic E-state index is 5.53. The lowest BCUT2D eigenvalue weighted by molar-refractivity contribution is 0.292. The zero-order chi connectivity index (χ0) is 11.1. The van der Waals surface area contributed by atoms with Crippen LogP contribution in [0.1, 0.15) is 19.4 Å². The lowest BCUT2D eigenvalue weighted by Gasteiger charge is -2.08. The third-order valence-corrected chi connectivity index (χ3v) is 2.20. The van der Waals surface area contributed by atoms with Gasteiger partial charge in [0, 0.05) is 0 Å². The molecule has 0 unspecified atom stereocenters. The maximum Gasteiger partial charge on any atom is 0.122 e. The van der Waals surface area contributed by atoms with E-state index < -0.39 is 0 Å². The molecular formula is C13H18O2. The second-order valence-electron chi connectivity index (χ2n) is 3.26. The van der Waals surface area contributed by atoms with E-state index in [1.165, 1.54) is 5.56 Å². The zero-order valence-corrected chi connectivity index (χ0v) is 9.62. The Morgan fingerprint density at radius 2 is 2.07 bits per heavy atom. The first kappa shape index (κ1) is 11.6. The Kier molecular flexibility index (Phi) is 4.75. The van der Waals surface area contributed by atoms with E-state index in [4.69, 9.17) is 9.47 Å². The van der Waals surface area contributed by atoms with Gasteiger partial charge >= 0.3 is 0 Å². The van der Waals surface area contributed by atoms with Crippen LogP contribution in [0, 0.1) is 0 Å². The van der Waals surface area contributed by atoms with Crippen LogP contribution in [0.3, 0.4) is 0 Å². The predicted octanol–water partition coefficient (Wildman–Crippen LogP) is 3.18. The Hall–Kier alpha value is -1.44. The van der Waals surface area contributed by atoms with Crippen molar-refractivity contribution in [1.82, 2.24) is 0 Å². The molecule has 0 aliphatic carbocycles. The fourth-order valence-corrected chi connectivity index (χ4v) is 1.31. The summed E-state index contributed by atoms with van der Waals surface area (Å²) in [5.74, 6) is 1.89. The Morgan fingerprint density at radius 3 is 2.73 bits per heavy atom. The number of ether oxygens (including phenoxy) is 2. The summed E-state index contributed by atoms with van der Waals surface area (Å²) in [7, 11) is 1.68. The van der Waals surface area contributed by atoms with Crippen molar-refractivity contribution in [2.45, 2.75) is 20.3 Å². The van der Waals surface area contributed by atoms with Gasteiger partial charge in [-0.05, 0) is 38.0 Å². The number of para-hydroxylation sites is 1. The van der Waals surface area contributed by atoms with E-state index in [2.05, 4.69) is 12.1 Å². The Bertz CT molecular complexity index is 329. The van der Waals surface area contributed by atoms with Gasteiger partial charge in [-0.1, -0.05) is 18.2 Å². The molecule has 0 aromatic heterocycles. The van der Waals surface area contributed by atoms with Gasteiger partial charge in [0.05, 0.1) is 19.5 Å². The van der Waals surface area contributed by atoms with Crippen molar-refractivity contribution in [3.63, 3.8) is 0 Å². The second kappa shape index (κ2) is 6.12. The highest BCUT2D eigenvalue weighted by Gasteiger charge is 2.00. The highest BCUT2D eigenvalue weighted by atomic mass is 16.5. The normalized spacial score (nSPS) is 11.3. The number of allylic oxidation sites excluding steroid dienone is 2. The molecule has 0 aliphatic heterocycles. The molecule has 0 spiro atoms. The summed E-state index contributed by atoms with van der Waals surface area (Å²) in [5.41, 5.74) is 1.19. The first-order valence-electron chi connectivity index (χ1n) is 5.19. The van der Waals surface area contributed by atoms with Gasteiger partial charge in [0.25, 0.3) is 0 Å². The summed E-state index contributed by atoms with van der Waals surface area (Å²) in [5, 5.41) is 0. The van der Waals surface area contributed by atoms with Crippen molar-refractivity contribution in [2.75, 3.05) is 13.7 Å². The lowest BCUT2D eigenvalue weighted by atomic mass is 10.1. The van der Waals surface area contributed by atoms with Crippen LogP contribution in [0.15, 0.2) is 36.1 Å². The third kappa shape index (κ3) is 3.66. The molecule has 0 bridgehead atoms. The van der Waals surface area contributed by atoms with Crippen LogP contribution in [0.4, 0.5) is 0 Å². The van der Waals surface area contributed by atoms with Gasteiger partial charge < -0.3 is 9.47 Å². The zero-order valence-electron chi connectivity index (χ0n) is 9.62. The summed E-state index contributed by atoms with van der Waals surface area (Å²) in [6, 6.07) is 8.08. The average Bonchev–Trinajstić information content (AvgIpc) is 2.28. The first-order chi connectivity index (χ1) is 7.27. The van der Waals surface area contributed by atoms with Crippen LogP contribution in [0.5, 0.6) is 5.75 Å². The molecule has 0 fully saturated rings. The Morgan fingerprint density at radius 1 is 1.33 bits per heavy atom. The quantitative estimate of drug-likeness (QED) is 0.689. The number of methoxy groups -OCH3 is 1. The molecule has 2 heteroatoms. The number of hydrogen-bond donors (Lipinski definition) is 0. The molecule has 1 rings (SSSR count). The van der Waals surface area contributed by atoms with Crippen LogP contribution in [0.2, 0.25) is 0 Å². The number of rotatable bonds is 5. The largest absolute Gasteiger partial charge is 0.502 e. The van der Waals surface area contributed by atoms with Crippen molar-refractivity contribution in [2.24, 2.45) is 0 Å².